The summed E-state index contributed by atoms with van der Waals surface area (Å²) in [6.45, 7) is 8.01. The van der Waals surface area contributed by atoms with Crippen LogP contribution in [0.1, 0.15) is 79.1 Å². The molecule has 13 heteroatoms. The molecule has 0 unspecified atom stereocenters. The highest BCUT2D eigenvalue weighted by atomic mass is 19.4. The third-order valence-electron chi connectivity index (χ3n) is 7.93. The number of nitrogens with zero attached hydrogens (tertiary/aromatic N) is 2. The van der Waals surface area contributed by atoms with Crippen LogP contribution in [0, 0.1) is 49.1 Å². The van der Waals surface area contributed by atoms with Crippen molar-refractivity contribution in [2.24, 2.45) is 5.92 Å². The monoisotopic (exact) mass is 691 g/mol. The zero-order chi connectivity index (χ0) is 37.0. The normalized spacial score (nSPS) is 12.9. The highest BCUT2D eigenvalue weighted by Crippen LogP contribution is 2.38. The van der Waals surface area contributed by atoms with Gasteiger partial charge in [-0.15, -0.1) is 5.92 Å². The van der Waals surface area contributed by atoms with E-state index in [2.05, 4.69) is 17.2 Å². The molecule has 2 N–H and O–H groups in total. The first-order valence-electron chi connectivity index (χ1n) is 15.5. The lowest BCUT2D eigenvalue weighted by Crippen LogP contribution is -2.41. The number of aliphatic carboxylic acids is 1. The summed E-state index contributed by atoms with van der Waals surface area (Å²) < 4.78 is 89.3. The molecule has 2 atom stereocenters. The van der Waals surface area contributed by atoms with Crippen molar-refractivity contribution >= 4 is 11.9 Å². The van der Waals surface area contributed by atoms with Gasteiger partial charge in [0.2, 0.25) is 5.91 Å². The van der Waals surface area contributed by atoms with E-state index in [0.29, 0.717) is 17.2 Å². The summed E-state index contributed by atoms with van der Waals surface area (Å²) in [6.07, 6.45) is -5.11. The topological polar surface area (TPSA) is 91.6 Å². The summed E-state index contributed by atoms with van der Waals surface area (Å²) in [5, 5.41) is 12.2. The molecule has 2 aromatic carbocycles. The first kappa shape index (κ1) is 38.9. The first-order valence-corrected chi connectivity index (χ1v) is 15.5. The molecule has 0 fully saturated rings. The van der Waals surface area contributed by atoms with Gasteiger partial charge in [-0.05, 0) is 94.1 Å². The maximum Gasteiger partial charge on any atom is 0.416 e. The van der Waals surface area contributed by atoms with Crippen LogP contribution in [0.15, 0.2) is 35.3 Å². The lowest BCUT2D eigenvalue weighted by atomic mass is 9.89. The van der Waals surface area contributed by atoms with Crippen molar-refractivity contribution in [3.05, 3.63) is 91.6 Å². The maximum absolute atomic E-state index is 16.5. The molecule has 0 saturated heterocycles. The lowest BCUT2D eigenvalue weighted by Gasteiger charge is -2.27. The Balaban J connectivity index is 2.26. The Morgan fingerprint density at radius 3 is 2.14 bits per heavy atom. The number of halogens is 6. The molecule has 0 spiro atoms. The summed E-state index contributed by atoms with van der Waals surface area (Å²) >= 11 is 0. The van der Waals surface area contributed by atoms with Crippen molar-refractivity contribution < 1.29 is 41.0 Å². The Morgan fingerprint density at radius 2 is 1.63 bits per heavy atom. The number of aryl methyl sites for hydroxylation is 2. The molecule has 3 rings (SSSR count). The minimum absolute atomic E-state index is 0.0877. The summed E-state index contributed by atoms with van der Waals surface area (Å²) in [5.74, 6) is -0.892. The summed E-state index contributed by atoms with van der Waals surface area (Å²) in [7, 11) is 3.31. The molecule has 0 aliphatic heterocycles. The number of likely N-dealkylation sites (N-methyl/N-ethyl adjacent to an activating group) is 1. The SMILES string of the molecule is CC#Cc1cc(-c2c(C)cc(F)cc2C)c(F)c([C@@H](CC(=O)O)NC(=O)[C@H](CC(C)C)n2cc(CCN(C)C)c(C(F)(F)F)cc2=O)c1F. The van der Waals surface area contributed by atoms with E-state index in [9.17, 15) is 37.1 Å². The number of carbonyl (C=O) groups is 2. The molecule has 0 aliphatic carbocycles. The molecule has 0 aliphatic rings. The average Bonchev–Trinajstić information content (AvgIpc) is 2.96. The van der Waals surface area contributed by atoms with E-state index in [4.69, 9.17) is 0 Å². The molecule has 1 heterocycles. The van der Waals surface area contributed by atoms with Crippen LogP contribution >= 0.6 is 0 Å². The van der Waals surface area contributed by atoms with Gasteiger partial charge in [0.05, 0.1) is 23.6 Å². The third kappa shape index (κ3) is 9.32. The van der Waals surface area contributed by atoms with E-state index in [1.165, 1.54) is 20.8 Å². The van der Waals surface area contributed by atoms with Crippen molar-refractivity contribution in [2.75, 3.05) is 20.6 Å². The van der Waals surface area contributed by atoms with Gasteiger partial charge in [0.25, 0.3) is 5.56 Å². The van der Waals surface area contributed by atoms with E-state index in [1.807, 2.05) is 0 Å². The summed E-state index contributed by atoms with van der Waals surface area (Å²) in [4.78, 5) is 40.8. The zero-order valence-electron chi connectivity index (χ0n) is 28.3. The van der Waals surface area contributed by atoms with Crippen LogP contribution in [-0.2, 0) is 22.2 Å². The van der Waals surface area contributed by atoms with Crippen molar-refractivity contribution in [3.63, 3.8) is 0 Å². The van der Waals surface area contributed by atoms with Crippen LogP contribution in [-0.4, -0.2) is 47.1 Å². The molecular weight excluding hydrogens is 652 g/mol. The van der Waals surface area contributed by atoms with Gasteiger partial charge >= 0.3 is 12.1 Å². The number of carboxylic acid groups (broad SMARTS) is 1. The van der Waals surface area contributed by atoms with Crippen LogP contribution in [0.25, 0.3) is 11.1 Å². The number of amides is 1. The average molecular weight is 692 g/mol. The second-order valence-corrected chi connectivity index (χ2v) is 12.6. The van der Waals surface area contributed by atoms with Crippen LogP contribution in [0.2, 0.25) is 0 Å². The number of aromatic nitrogens is 1. The molecule has 1 amide bonds. The van der Waals surface area contributed by atoms with E-state index in [0.717, 1.165) is 29.0 Å². The van der Waals surface area contributed by atoms with Gasteiger partial charge in [-0.25, -0.2) is 13.2 Å². The predicted molar refractivity (Wildman–Crippen MR) is 173 cm³/mol. The fourth-order valence-corrected chi connectivity index (χ4v) is 5.81. The summed E-state index contributed by atoms with van der Waals surface area (Å²) in [6, 6.07) is 0.503. The smallest absolute Gasteiger partial charge is 0.416 e. The number of benzene rings is 2. The highest BCUT2D eigenvalue weighted by Gasteiger charge is 2.36. The van der Waals surface area contributed by atoms with Crippen LogP contribution in [0.3, 0.4) is 0 Å². The largest absolute Gasteiger partial charge is 0.481 e. The Hall–Kier alpha value is -4.57. The highest BCUT2D eigenvalue weighted by molar-refractivity contribution is 5.82. The fourth-order valence-electron chi connectivity index (χ4n) is 5.81. The van der Waals surface area contributed by atoms with Crippen LogP contribution in [0.5, 0.6) is 0 Å². The molecule has 0 saturated carbocycles. The molecule has 49 heavy (non-hydrogen) atoms. The van der Waals surface area contributed by atoms with Gasteiger partial charge < -0.3 is 19.9 Å². The van der Waals surface area contributed by atoms with E-state index < -0.39 is 70.7 Å². The fraction of sp³-hybridized carbons (Fsp3) is 0.417. The number of carbonyl (C=O) groups excluding carboxylic acids is 1. The minimum atomic E-state index is -4.86. The quantitative estimate of drug-likeness (QED) is 0.158. The van der Waals surface area contributed by atoms with Crippen molar-refractivity contribution in [1.29, 1.82) is 0 Å². The van der Waals surface area contributed by atoms with E-state index >= 15 is 8.78 Å². The molecular formula is C36H39F6N3O4. The first-order chi connectivity index (χ1) is 22.8. The number of carboxylic acids is 1. The Morgan fingerprint density at radius 1 is 1.02 bits per heavy atom. The maximum atomic E-state index is 16.5. The number of hydrogen-bond donors (Lipinski definition) is 2. The molecule has 7 nitrogen and oxygen atoms in total. The van der Waals surface area contributed by atoms with Crippen LogP contribution < -0.4 is 10.9 Å². The van der Waals surface area contributed by atoms with Gasteiger partial charge in [-0.2, -0.15) is 13.2 Å². The van der Waals surface area contributed by atoms with Crippen molar-refractivity contribution in [2.45, 2.75) is 72.1 Å². The zero-order valence-corrected chi connectivity index (χ0v) is 28.3. The van der Waals surface area contributed by atoms with Gasteiger partial charge in [0, 0.05) is 29.9 Å². The predicted octanol–water partition coefficient (Wildman–Crippen LogP) is 6.96. The molecule has 264 valence electrons. The Kier molecular flexibility index (Phi) is 12.5. The lowest BCUT2D eigenvalue weighted by molar-refractivity contribution is -0.139. The second kappa shape index (κ2) is 15.8. The Labute approximate surface area is 280 Å². The number of hydrogen-bond acceptors (Lipinski definition) is 4. The van der Waals surface area contributed by atoms with Gasteiger partial charge in [0.15, 0.2) is 0 Å². The van der Waals surface area contributed by atoms with Crippen molar-refractivity contribution in [3.8, 4) is 23.0 Å². The van der Waals surface area contributed by atoms with Gasteiger partial charge in [0.1, 0.15) is 23.5 Å². The van der Waals surface area contributed by atoms with Gasteiger partial charge in [-0.3, -0.25) is 14.4 Å². The minimum Gasteiger partial charge on any atom is -0.481 e. The van der Waals surface area contributed by atoms with Crippen LogP contribution in [0.4, 0.5) is 26.3 Å². The number of alkyl halides is 3. The van der Waals surface area contributed by atoms with Crippen molar-refractivity contribution in [1.82, 2.24) is 14.8 Å². The standard InChI is InChI=1S/C36H39F6N3O4/c1-8-9-22-15-25(31-20(4)13-24(37)14-21(31)5)34(39)32(33(22)38)27(17-30(47)48)43-35(49)28(12-19(2)3)45-18-23(10-11-44(6)7)26(16-29(45)46)36(40,41)42/h13-16,18-19,27-28H,10-12,17H2,1-7H3,(H,43,49)(H,47,48)/t27-,28+/m1/s1. The number of pyridine rings is 1. The molecule has 0 radical (unpaired) electrons. The summed E-state index contributed by atoms with van der Waals surface area (Å²) in [5.41, 5.74) is -3.09. The number of rotatable bonds is 12. The molecule has 0 bridgehead atoms. The second-order valence-electron chi connectivity index (χ2n) is 12.6. The molecule has 3 aromatic rings. The Bertz CT molecular complexity index is 1830. The van der Waals surface area contributed by atoms with E-state index in [-0.39, 0.29) is 47.6 Å². The third-order valence-corrected chi connectivity index (χ3v) is 7.93. The van der Waals surface area contributed by atoms with Gasteiger partial charge in [-0.1, -0.05) is 19.8 Å². The van der Waals surface area contributed by atoms with E-state index in [1.54, 1.807) is 32.8 Å². The number of nitrogens with one attached hydrogen (secondary N) is 1. The molecule has 1 aromatic heterocycles.